The number of carbonyl (C=O) groups is 2. The van der Waals surface area contributed by atoms with Gasteiger partial charge >= 0.3 is 5.97 Å². The van der Waals surface area contributed by atoms with Crippen LogP contribution < -0.4 is 0 Å². The van der Waals surface area contributed by atoms with Gasteiger partial charge in [0.25, 0.3) is 0 Å². The molecule has 1 aliphatic rings. The average Bonchev–Trinajstić information content (AvgIpc) is 3.24. The third-order valence-corrected chi connectivity index (χ3v) is 5.32. The van der Waals surface area contributed by atoms with Crippen molar-refractivity contribution in [1.82, 2.24) is 9.88 Å². The van der Waals surface area contributed by atoms with Crippen molar-refractivity contribution in [3.05, 3.63) is 40.9 Å². The molecule has 1 atom stereocenters. The van der Waals surface area contributed by atoms with Crippen molar-refractivity contribution in [2.75, 3.05) is 13.1 Å². The van der Waals surface area contributed by atoms with Crippen LogP contribution in [-0.4, -0.2) is 40.0 Å². The number of amides is 1. The summed E-state index contributed by atoms with van der Waals surface area (Å²) in [7, 11) is 0. The van der Waals surface area contributed by atoms with E-state index in [2.05, 4.69) is 36.2 Å². The van der Waals surface area contributed by atoms with E-state index in [1.54, 1.807) is 4.90 Å². The number of likely N-dealkylation sites (tertiary alicyclic amines) is 1. The van der Waals surface area contributed by atoms with Gasteiger partial charge in [0.05, 0.1) is 18.0 Å². The highest BCUT2D eigenvalue weighted by molar-refractivity contribution is 7.13. The fraction of sp³-hybridized carbons (Fsp3) is 0.389. The summed E-state index contributed by atoms with van der Waals surface area (Å²) in [6, 6.07) is 8.30. The lowest BCUT2D eigenvalue weighted by Crippen LogP contribution is -2.31. The predicted octanol–water partition coefficient (Wildman–Crippen LogP) is 2.85. The highest BCUT2D eigenvalue weighted by Crippen LogP contribution is 2.25. The molecule has 24 heavy (non-hydrogen) atoms. The lowest BCUT2D eigenvalue weighted by molar-refractivity contribution is -0.141. The molecule has 2 heterocycles. The fourth-order valence-electron chi connectivity index (χ4n) is 2.86. The summed E-state index contributed by atoms with van der Waals surface area (Å²) >= 11 is 1.53. The van der Waals surface area contributed by atoms with E-state index in [-0.39, 0.29) is 12.3 Å². The minimum Gasteiger partial charge on any atom is -0.481 e. The summed E-state index contributed by atoms with van der Waals surface area (Å²) < 4.78 is 0. The first-order valence-corrected chi connectivity index (χ1v) is 8.99. The molecule has 0 radical (unpaired) electrons. The highest BCUT2D eigenvalue weighted by atomic mass is 32.1. The zero-order chi connectivity index (χ0) is 17.1. The monoisotopic (exact) mass is 344 g/mol. The maximum Gasteiger partial charge on any atom is 0.308 e. The largest absolute Gasteiger partial charge is 0.481 e. The number of thiazole rings is 1. The molecule has 126 valence electrons. The second-order valence-corrected chi connectivity index (χ2v) is 6.89. The van der Waals surface area contributed by atoms with Gasteiger partial charge in [0.15, 0.2) is 0 Å². The van der Waals surface area contributed by atoms with E-state index >= 15 is 0 Å². The SMILES string of the molecule is CCc1ccc(-c2nc(CC(=O)N3CCC(C(=O)O)C3)cs2)cc1. The number of aliphatic carboxylic acids is 1. The molecule has 1 N–H and O–H groups in total. The quantitative estimate of drug-likeness (QED) is 0.905. The van der Waals surface area contributed by atoms with Gasteiger partial charge in [0, 0.05) is 24.0 Å². The van der Waals surface area contributed by atoms with Crippen molar-refractivity contribution in [1.29, 1.82) is 0 Å². The Bertz CT molecular complexity index is 739. The first-order chi connectivity index (χ1) is 11.6. The average molecular weight is 344 g/mol. The van der Waals surface area contributed by atoms with Crippen LogP contribution >= 0.6 is 11.3 Å². The Morgan fingerprint density at radius 2 is 2.08 bits per heavy atom. The van der Waals surface area contributed by atoms with Gasteiger partial charge in [0.1, 0.15) is 5.01 Å². The number of nitrogens with zero attached hydrogens (tertiary/aromatic N) is 2. The molecule has 1 saturated heterocycles. The third kappa shape index (κ3) is 3.64. The van der Waals surface area contributed by atoms with E-state index in [1.165, 1.54) is 16.9 Å². The Hall–Kier alpha value is -2.21. The van der Waals surface area contributed by atoms with Crippen molar-refractivity contribution in [2.45, 2.75) is 26.2 Å². The van der Waals surface area contributed by atoms with Gasteiger partial charge in [-0.15, -0.1) is 11.3 Å². The van der Waals surface area contributed by atoms with Crippen molar-refractivity contribution < 1.29 is 14.7 Å². The lowest BCUT2D eigenvalue weighted by Gasteiger charge is -2.14. The number of carboxylic acid groups (broad SMARTS) is 1. The van der Waals surface area contributed by atoms with Gasteiger partial charge in [-0.3, -0.25) is 9.59 Å². The molecular formula is C18H20N2O3S. The first kappa shape index (κ1) is 16.6. The number of benzene rings is 1. The summed E-state index contributed by atoms with van der Waals surface area (Å²) in [6.45, 7) is 2.95. The molecule has 1 fully saturated rings. The van der Waals surface area contributed by atoms with Crippen molar-refractivity contribution in [3.8, 4) is 10.6 Å². The van der Waals surface area contributed by atoms with Crippen LogP contribution in [-0.2, 0) is 22.4 Å². The molecule has 1 aromatic heterocycles. The van der Waals surface area contributed by atoms with Gasteiger partial charge < -0.3 is 10.0 Å². The second-order valence-electron chi connectivity index (χ2n) is 6.03. The third-order valence-electron chi connectivity index (χ3n) is 4.38. The number of carboxylic acids is 1. The van der Waals surface area contributed by atoms with Crippen LogP contribution in [0.3, 0.4) is 0 Å². The molecule has 0 bridgehead atoms. The molecule has 1 amide bonds. The summed E-state index contributed by atoms with van der Waals surface area (Å²) in [5.41, 5.74) is 3.09. The number of aromatic nitrogens is 1. The van der Waals surface area contributed by atoms with Crippen LogP contribution in [0.1, 0.15) is 24.6 Å². The number of aryl methyl sites for hydroxylation is 1. The molecule has 0 spiro atoms. The Labute approximate surface area is 145 Å². The van der Waals surface area contributed by atoms with E-state index < -0.39 is 11.9 Å². The smallest absolute Gasteiger partial charge is 0.308 e. The molecule has 3 rings (SSSR count). The second kappa shape index (κ2) is 7.13. The van der Waals surface area contributed by atoms with Crippen molar-refractivity contribution >= 4 is 23.2 Å². The van der Waals surface area contributed by atoms with Gasteiger partial charge in [-0.2, -0.15) is 0 Å². The first-order valence-electron chi connectivity index (χ1n) is 8.11. The molecule has 0 saturated carbocycles. The summed E-state index contributed by atoms with van der Waals surface area (Å²) in [4.78, 5) is 29.5. The topological polar surface area (TPSA) is 70.5 Å². The minimum absolute atomic E-state index is 0.0445. The normalized spacial score (nSPS) is 17.2. The van der Waals surface area contributed by atoms with Crippen LogP contribution in [0.2, 0.25) is 0 Å². The molecule has 1 aliphatic heterocycles. The summed E-state index contributed by atoms with van der Waals surface area (Å²) in [6.07, 6.45) is 1.77. The van der Waals surface area contributed by atoms with Crippen molar-refractivity contribution in [3.63, 3.8) is 0 Å². The zero-order valence-corrected chi connectivity index (χ0v) is 14.4. The van der Waals surface area contributed by atoms with Crippen LogP contribution in [0.15, 0.2) is 29.6 Å². The number of carbonyl (C=O) groups excluding carboxylic acids is 1. The predicted molar refractivity (Wildman–Crippen MR) is 93.0 cm³/mol. The Morgan fingerprint density at radius 3 is 2.71 bits per heavy atom. The van der Waals surface area contributed by atoms with Gasteiger partial charge in [-0.1, -0.05) is 31.2 Å². The Kier molecular flexibility index (Phi) is 4.94. The standard InChI is InChI=1S/C18H20N2O3S/c1-2-12-3-5-13(6-4-12)17-19-15(11-24-17)9-16(21)20-8-7-14(10-20)18(22)23/h3-6,11,14H,2,7-10H2,1H3,(H,22,23). The fourth-order valence-corrected chi connectivity index (χ4v) is 3.68. The van der Waals surface area contributed by atoms with E-state index in [9.17, 15) is 9.59 Å². The van der Waals surface area contributed by atoms with E-state index in [1.807, 2.05) is 5.38 Å². The molecule has 5 nitrogen and oxygen atoms in total. The van der Waals surface area contributed by atoms with Crippen LogP contribution in [0.5, 0.6) is 0 Å². The zero-order valence-electron chi connectivity index (χ0n) is 13.6. The molecule has 2 aromatic rings. The van der Waals surface area contributed by atoms with Crippen LogP contribution in [0.4, 0.5) is 0 Å². The molecule has 6 heteroatoms. The van der Waals surface area contributed by atoms with Gasteiger partial charge in [-0.05, 0) is 18.4 Å². The van der Waals surface area contributed by atoms with Gasteiger partial charge in [0.2, 0.25) is 5.91 Å². The number of hydrogen-bond acceptors (Lipinski definition) is 4. The lowest BCUT2D eigenvalue weighted by atomic mass is 10.1. The highest BCUT2D eigenvalue weighted by Gasteiger charge is 2.30. The Balaban J connectivity index is 1.63. The van der Waals surface area contributed by atoms with Gasteiger partial charge in [-0.25, -0.2) is 4.98 Å². The Morgan fingerprint density at radius 1 is 1.33 bits per heavy atom. The maximum atomic E-state index is 12.3. The number of rotatable bonds is 5. The van der Waals surface area contributed by atoms with Crippen LogP contribution in [0.25, 0.3) is 10.6 Å². The van der Waals surface area contributed by atoms with Crippen LogP contribution in [0, 0.1) is 5.92 Å². The summed E-state index contributed by atoms with van der Waals surface area (Å²) in [5.74, 6) is -1.30. The summed E-state index contributed by atoms with van der Waals surface area (Å²) in [5, 5.41) is 11.8. The molecule has 1 aromatic carbocycles. The molecular weight excluding hydrogens is 324 g/mol. The minimum atomic E-state index is -0.822. The van der Waals surface area contributed by atoms with E-state index in [0.717, 1.165) is 22.7 Å². The maximum absolute atomic E-state index is 12.3. The van der Waals surface area contributed by atoms with Crippen molar-refractivity contribution in [2.24, 2.45) is 5.92 Å². The van der Waals surface area contributed by atoms with E-state index in [4.69, 9.17) is 5.11 Å². The molecule has 0 aliphatic carbocycles. The van der Waals surface area contributed by atoms with E-state index in [0.29, 0.717) is 19.5 Å². The number of hydrogen-bond donors (Lipinski definition) is 1. The molecule has 1 unspecified atom stereocenters.